The van der Waals surface area contributed by atoms with Gasteiger partial charge >= 0.3 is 11.9 Å². The van der Waals surface area contributed by atoms with Gasteiger partial charge in [-0.3, -0.25) is 4.79 Å². The van der Waals surface area contributed by atoms with Gasteiger partial charge in [-0.1, -0.05) is 11.6 Å². The van der Waals surface area contributed by atoms with Crippen molar-refractivity contribution in [2.45, 2.75) is 24.0 Å². The van der Waals surface area contributed by atoms with E-state index in [4.69, 9.17) is 21.8 Å². The molecule has 0 bridgehead atoms. The number of carbonyl (C=O) groups is 2. The van der Waals surface area contributed by atoms with E-state index in [0.717, 1.165) is 25.1 Å². The number of rotatable bonds is 6. The molecule has 10 heteroatoms. The van der Waals surface area contributed by atoms with Crippen LogP contribution in [0.25, 0.3) is 0 Å². The summed E-state index contributed by atoms with van der Waals surface area (Å²) in [5.74, 6) is -2.95. The highest BCUT2D eigenvalue weighted by Crippen LogP contribution is 2.23. The van der Waals surface area contributed by atoms with E-state index in [-0.39, 0.29) is 10.6 Å². The first-order valence-electron chi connectivity index (χ1n) is 5.52. The quantitative estimate of drug-likeness (QED) is 0.579. The molecule has 116 valence electrons. The number of nitrogens with one attached hydrogen (secondary N) is 1. The van der Waals surface area contributed by atoms with E-state index in [2.05, 4.69) is 0 Å². The molecule has 4 N–H and O–H groups in total. The summed E-state index contributed by atoms with van der Waals surface area (Å²) in [5.41, 5.74) is -0.330. The van der Waals surface area contributed by atoms with Gasteiger partial charge in [-0.25, -0.2) is 13.2 Å². The molecule has 0 aliphatic carbocycles. The molecule has 1 rings (SSSR count). The fourth-order valence-corrected chi connectivity index (χ4v) is 3.22. The molecule has 21 heavy (non-hydrogen) atoms. The molecule has 0 spiro atoms. The monoisotopic (exact) mass is 337 g/mol. The lowest BCUT2D eigenvalue weighted by atomic mass is 10.2. The van der Waals surface area contributed by atoms with E-state index in [1.807, 2.05) is 0 Å². The summed E-state index contributed by atoms with van der Waals surface area (Å²) in [4.78, 5) is 21.1. The van der Waals surface area contributed by atoms with Gasteiger partial charge in [0.2, 0.25) is 10.0 Å². The molecule has 2 unspecified atom stereocenters. The van der Waals surface area contributed by atoms with Crippen molar-refractivity contribution in [3.05, 3.63) is 28.8 Å². The molecule has 8 nitrogen and oxygen atoms in total. The van der Waals surface area contributed by atoms with Gasteiger partial charge in [0.25, 0.3) is 0 Å². The van der Waals surface area contributed by atoms with Crippen LogP contribution in [-0.4, -0.2) is 47.8 Å². The number of aliphatic hydroxyl groups is 1. The van der Waals surface area contributed by atoms with Crippen molar-refractivity contribution in [2.24, 2.45) is 0 Å². The molecule has 0 aromatic heterocycles. The smallest absolute Gasteiger partial charge is 0.335 e. The van der Waals surface area contributed by atoms with Crippen LogP contribution >= 0.6 is 11.6 Å². The van der Waals surface area contributed by atoms with Gasteiger partial charge < -0.3 is 15.3 Å². The average Bonchev–Trinajstić information content (AvgIpc) is 2.35. The van der Waals surface area contributed by atoms with Gasteiger partial charge in [0.05, 0.1) is 16.7 Å². The third kappa shape index (κ3) is 4.14. The van der Waals surface area contributed by atoms with Crippen molar-refractivity contribution in [3.63, 3.8) is 0 Å². The van der Waals surface area contributed by atoms with Crippen molar-refractivity contribution >= 4 is 33.6 Å². The Labute approximate surface area is 125 Å². The maximum atomic E-state index is 12.1. The summed E-state index contributed by atoms with van der Waals surface area (Å²) < 4.78 is 25.9. The number of carboxylic acid groups (broad SMARTS) is 2. The zero-order valence-electron chi connectivity index (χ0n) is 10.6. The lowest BCUT2D eigenvalue weighted by Crippen LogP contribution is -2.47. The summed E-state index contributed by atoms with van der Waals surface area (Å²) in [6.07, 6.45) is -1.50. The molecule has 2 atom stereocenters. The molecule has 0 saturated carbocycles. The molecule has 0 radical (unpaired) electrons. The molecule has 0 aliphatic rings. The molecule has 0 saturated heterocycles. The minimum atomic E-state index is -4.42. The van der Waals surface area contributed by atoms with Crippen molar-refractivity contribution in [1.82, 2.24) is 4.72 Å². The Hall–Kier alpha value is -1.68. The van der Waals surface area contributed by atoms with Crippen LogP contribution in [0.3, 0.4) is 0 Å². The number of carboxylic acids is 2. The Morgan fingerprint density at radius 3 is 2.29 bits per heavy atom. The van der Waals surface area contributed by atoms with Crippen LogP contribution in [0.15, 0.2) is 23.1 Å². The lowest BCUT2D eigenvalue weighted by Gasteiger charge is -2.17. The summed E-state index contributed by atoms with van der Waals surface area (Å²) in [7, 11) is -4.42. The fraction of sp³-hybridized carbons (Fsp3) is 0.273. The molecule has 1 aromatic carbocycles. The Morgan fingerprint density at radius 1 is 1.29 bits per heavy atom. The lowest BCUT2D eigenvalue weighted by molar-refractivity contribution is -0.141. The molecular weight excluding hydrogens is 326 g/mol. The van der Waals surface area contributed by atoms with Crippen LogP contribution in [0.2, 0.25) is 5.02 Å². The summed E-state index contributed by atoms with van der Waals surface area (Å²) in [6, 6.07) is 1.18. The van der Waals surface area contributed by atoms with E-state index in [1.54, 1.807) is 4.72 Å². The third-order valence-corrected chi connectivity index (χ3v) is 4.42. The third-order valence-electron chi connectivity index (χ3n) is 2.50. The predicted octanol–water partition coefficient (Wildman–Crippen LogP) is 0.150. The van der Waals surface area contributed by atoms with Gasteiger partial charge in [0, 0.05) is 0 Å². The van der Waals surface area contributed by atoms with Gasteiger partial charge in [-0.05, 0) is 25.1 Å². The Kier molecular flexibility index (Phi) is 5.29. The normalized spacial score (nSPS) is 14.4. The molecule has 0 fully saturated rings. The highest BCUT2D eigenvalue weighted by Gasteiger charge is 2.30. The van der Waals surface area contributed by atoms with Gasteiger partial charge in [0.15, 0.2) is 0 Å². The van der Waals surface area contributed by atoms with Gasteiger partial charge in [-0.2, -0.15) is 4.72 Å². The maximum Gasteiger partial charge on any atom is 0.335 e. The minimum absolute atomic E-state index is 0.276. The van der Waals surface area contributed by atoms with Crippen molar-refractivity contribution in [3.8, 4) is 0 Å². The Bertz CT molecular complexity index is 671. The molecule has 0 aliphatic heterocycles. The van der Waals surface area contributed by atoms with Crippen LogP contribution in [0.4, 0.5) is 0 Å². The predicted molar refractivity (Wildman–Crippen MR) is 71.8 cm³/mol. The summed E-state index contributed by atoms with van der Waals surface area (Å²) in [6.45, 7) is 1.09. The first-order chi connectivity index (χ1) is 9.56. The number of sulfonamides is 1. The van der Waals surface area contributed by atoms with Crippen LogP contribution < -0.4 is 4.72 Å². The average molecular weight is 338 g/mol. The van der Waals surface area contributed by atoms with E-state index in [0.29, 0.717) is 0 Å². The van der Waals surface area contributed by atoms with Crippen molar-refractivity contribution in [1.29, 1.82) is 0 Å². The van der Waals surface area contributed by atoms with Crippen molar-refractivity contribution < 1.29 is 33.3 Å². The second kappa shape index (κ2) is 6.39. The highest BCUT2D eigenvalue weighted by atomic mass is 35.5. The van der Waals surface area contributed by atoms with Gasteiger partial charge in [0.1, 0.15) is 10.9 Å². The fourth-order valence-electron chi connectivity index (χ4n) is 1.43. The molecule has 0 heterocycles. The first-order valence-corrected chi connectivity index (χ1v) is 7.38. The number of benzene rings is 1. The standard InChI is InChI=1S/C11H12ClNO7S/c1-5(14)9(11(17)18)13-21(19,20)8-4-6(10(15)16)2-3-7(8)12/h2-5,9,13-14H,1H3,(H,15,16)(H,17,18). The van der Waals surface area contributed by atoms with Gasteiger partial charge in [-0.15, -0.1) is 0 Å². The number of aliphatic carboxylic acids is 1. The highest BCUT2D eigenvalue weighted by molar-refractivity contribution is 7.89. The largest absolute Gasteiger partial charge is 0.480 e. The first kappa shape index (κ1) is 17.4. The number of aliphatic hydroxyl groups excluding tert-OH is 1. The molecular formula is C11H12ClNO7S. The second-order valence-corrected chi connectivity index (χ2v) is 6.22. The van der Waals surface area contributed by atoms with E-state index >= 15 is 0 Å². The zero-order chi connectivity index (χ0) is 16.4. The maximum absolute atomic E-state index is 12.1. The molecule has 1 aromatic rings. The Balaban J connectivity index is 3.27. The number of halogens is 1. The Morgan fingerprint density at radius 2 is 1.86 bits per heavy atom. The van der Waals surface area contributed by atoms with Crippen molar-refractivity contribution in [2.75, 3.05) is 0 Å². The van der Waals surface area contributed by atoms with E-state index in [9.17, 15) is 23.1 Å². The summed E-state index contributed by atoms with van der Waals surface area (Å²) >= 11 is 5.71. The van der Waals surface area contributed by atoms with Crippen LogP contribution in [0.5, 0.6) is 0 Å². The number of aromatic carboxylic acids is 1. The summed E-state index contributed by atoms with van der Waals surface area (Å²) in [5, 5.41) is 26.7. The minimum Gasteiger partial charge on any atom is -0.480 e. The van der Waals surface area contributed by atoms with E-state index < -0.39 is 39.0 Å². The number of hydrogen-bond donors (Lipinski definition) is 4. The van der Waals surface area contributed by atoms with E-state index in [1.165, 1.54) is 0 Å². The van der Waals surface area contributed by atoms with Crippen LogP contribution in [0, 0.1) is 0 Å². The number of hydrogen-bond acceptors (Lipinski definition) is 5. The molecule has 0 amide bonds. The SMILES string of the molecule is CC(O)C(NS(=O)(=O)c1cc(C(=O)O)ccc1Cl)C(=O)O. The zero-order valence-corrected chi connectivity index (χ0v) is 12.2. The topological polar surface area (TPSA) is 141 Å². The second-order valence-electron chi connectivity index (χ2n) is 4.13. The van der Waals surface area contributed by atoms with Crippen LogP contribution in [0.1, 0.15) is 17.3 Å². The van der Waals surface area contributed by atoms with Crippen LogP contribution in [-0.2, 0) is 14.8 Å².